The van der Waals surface area contributed by atoms with E-state index < -0.39 is 0 Å². The van der Waals surface area contributed by atoms with Crippen molar-refractivity contribution >= 4 is 0 Å². The zero-order chi connectivity index (χ0) is 11.4. The van der Waals surface area contributed by atoms with Crippen molar-refractivity contribution in [3.8, 4) is 5.75 Å². The summed E-state index contributed by atoms with van der Waals surface area (Å²) >= 11 is 0. The Morgan fingerprint density at radius 3 is 2.94 bits per heavy atom. The lowest BCUT2D eigenvalue weighted by molar-refractivity contribution is 0.297. The van der Waals surface area contributed by atoms with E-state index in [0.717, 1.165) is 12.3 Å². The van der Waals surface area contributed by atoms with Gasteiger partial charge in [0.15, 0.2) is 5.75 Å². The second-order valence-corrected chi connectivity index (χ2v) is 3.90. The summed E-state index contributed by atoms with van der Waals surface area (Å²) in [6.45, 7) is 5.59. The van der Waals surface area contributed by atoms with Gasteiger partial charge in [-0.1, -0.05) is 0 Å². The molecule has 2 aromatic rings. The maximum atomic E-state index is 5.58. The van der Waals surface area contributed by atoms with Crippen molar-refractivity contribution in [2.75, 3.05) is 6.61 Å². The van der Waals surface area contributed by atoms with Crippen LogP contribution in [0.1, 0.15) is 19.9 Å². The topological polar surface area (TPSA) is 44.9 Å². The fraction of sp³-hybridized carbons (Fsp3) is 0.455. The largest absolute Gasteiger partial charge is 0.488 e. The average molecular weight is 220 g/mol. The molecule has 0 fully saturated rings. The van der Waals surface area contributed by atoms with Crippen LogP contribution in [0.5, 0.6) is 5.75 Å². The molecule has 5 nitrogen and oxygen atoms in total. The first-order valence-electron chi connectivity index (χ1n) is 5.38. The minimum absolute atomic E-state index is 0.367. The third kappa shape index (κ3) is 2.62. The molecule has 0 unspecified atom stereocenters. The highest BCUT2D eigenvalue weighted by Gasteiger charge is 2.01. The van der Waals surface area contributed by atoms with Crippen LogP contribution in [-0.2, 0) is 6.54 Å². The van der Waals surface area contributed by atoms with Gasteiger partial charge in [0.05, 0.1) is 25.3 Å². The summed E-state index contributed by atoms with van der Waals surface area (Å²) < 4.78 is 9.44. The van der Waals surface area contributed by atoms with Gasteiger partial charge in [0, 0.05) is 18.4 Å². The van der Waals surface area contributed by atoms with Crippen LogP contribution in [0, 0.1) is 0 Å². The van der Waals surface area contributed by atoms with Crippen LogP contribution in [0.3, 0.4) is 0 Å². The fourth-order valence-corrected chi connectivity index (χ4v) is 1.37. The molecule has 0 N–H and O–H groups in total. The van der Waals surface area contributed by atoms with Crippen molar-refractivity contribution in [2.24, 2.45) is 0 Å². The van der Waals surface area contributed by atoms with Crippen molar-refractivity contribution in [1.82, 2.24) is 19.3 Å². The van der Waals surface area contributed by atoms with Gasteiger partial charge in [-0.05, 0) is 13.8 Å². The number of hydrogen-bond acceptors (Lipinski definition) is 3. The molecule has 16 heavy (non-hydrogen) atoms. The average Bonchev–Trinajstić information content (AvgIpc) is 2.87. The molecule has 0 aliphatic heterocycles. The number of ether oxygens (including phenoxy) is 1. The molecule has 0 aliphatic carbocycles. The summed E-state index contributed by atoms with van der Waals surface area (Å²) in [6, 6.07) is 0.367. The van der Waals surface area contributed by atoms with E-state index in [2.05, 4.69) is 23.9 Å². The lowest BCUT2D eigenvalue weighted by atomic mass is 10.4. The molecule has 0 amide bonds. The van der Waals surface area contributed by atoms with Crippen molar-refractivity contribution in [2.45, 2.75) is 26.4 Å². The zero-order valence-electron chi connectivity index (χ0n) is 9.58. The van der Waals surface area contributed by atoms with Gasteiger partial charge in [0.1, 0.15) is 6.61 Å². The number of nitrogens with zero attached hydrogens (tertiary/aromatic N) is 4. The zero-order valence-corrected chi connectivity index (χ0v) is 9.58. The second kappa shape index (κ2) is 4.83. The number of hydrogen-bond donors (Lipinski definition) is 0. The third-order valence-electron chi connectivity index (χ3n) is 2.28. The summed E-state index contributed by atoms with van der Waals surface area (Å²) in [5.41, 5.74) is 0. The monoisotopic (exact) mass is 220 g/mol. The summed E-state index contributed by atoms with van der Waals surface area (Å²) in [4.78, 5) is 3.97. The Morgan fingerprint density at radius 2 is 2.31 bits per heavy atom. The molecule has 0 bridgehead atoms. The lowest BCUT2D eigenvalue weighted by Gasteiger charge is -2.05. The molecule has 2 heterocycles. The molecule has 2 aromatic heterocycles. The second-order valence-electron chi connectivity index (χ2n) is 3.90. The van der Waals surface area contributed by atoms with Crippen molar-refractivity contribution in [1.29, 1.82) is 0 Å². The summed E-state index contributed by atoms with van der Waals surface area (Å²) in [5.74, 6) is 0.814. The Bertz CT molecular complexity index is 419. The Kier molecular flexibility index (Phi) is 3.24. The Balaban J connectivity index is 1.81. The van der Waals surface area contributed by atoms with E-state index in [1.54, 1.807) is 18.7 Å². The smallest absolute Gasteiger partial charge is 0.157 e. The van der Waals surface area contributed by atoms with E-state index in [1.165, 1.54) is 0 Å². The van der Waals surface area contributed by atoms with Gasteiger partial charge in [0.2, 0.25) is 0 Å². The summed E-state index contributed by atoms with van der Waals surface area (Å²) in [7, 11) is 0. The predicted octanol–water partition coefficient (Wildman–Crippen LogP) is 1.74. The lowest BCUT2D eigenvalue weighted by Crippen LogP contribution is -2.06. The van der Waals surface area contributed by atoms with Gasteiger partial charge < -0.3 is 9.30 Å². The Morgan fingerprint density at radius 1 is 1.44 bits per heavy atom. The molecule has 0 aromatic carbocycles. The standard InChI is InChI=1S/C11H16N4O/c1-10(2)15-8-11(7-13-15)16-6-5-14-4-3-12-9-14/h3-4,7-10H,5-6H2,1-2H3. The number of imidazole rings is 1. The quantitative estimate of drug-likeness (QED) is 0.771. The highest BCUT2D eigenvalue weighted by molar-refractivity contribution is 5.11. The van der Waals surface area contributed by atoms with Crippen LogP contribution in [-0.4, -0.2) is 25.9 Å². The van der Waals surface area contributed by atoms with Crippen LogP contribution in [0.2, 0.25) is 0 Å². The molecule has 0 saturated heterocycles. The summed E-state index contributed by atoms with van der Waals surface area (Å²) in [5, 5.41) is 4.20. The molecule has 0 atom stereocenters. The third-order valence-corrected chi connectivity index (χ3v) is 2.28. The molecule has 2 rings (SSSR count). The van der Waals surface area contributed by atoms with Crippen LogP contribution >= 0.6 is 0 Å². The normalized spacial score (nSPS) is 10.9. The molecular formula is C11H16N4O. The Hall–Kier alpha value is -1.78. The molecule has 0 radical (unpaired) electrons. The number of aromatic nitrogens is 4. The van der Waals surface area contributed by atoms with Gasteiger partial charge >= 0.3 is 0 Å². The van der Waals surface area contributed by atoms with Crippen LogP contribution in [0.4, 0.5) is 0 Å². The molecule has 0 saturated carbocycles. The first-order chi connectivity index (χ1) is 7.75. The maximum absolute atomic E-state index is 5.58. The van der Waals surface area contributed by atoms with E-state index in [-0.39, 0.29) is 0 Å². The SMILES string of the molecule is CC(C)n1cc(OCCn2ccnc2)cn1. The highest BCUT2D eigenvalue weighted by atomic mass is 16.5. The van der Waals surface area contributed by atoms with Gasteiger partial charge in [-0.2, -0.15) is 5.10 Å². The van der Waals surface area contributed by atoms with Crippen molar-refractivity contribution < 1.29 is 4.74 Å². The minimum Gasteiger partial charge on any atom is -0.488 e. The minimum atomic E-state index is 0.367. The van der Waals surface area contributed by atoms with Gasteiger partial charge in [-0.25, -0.2) is 4.98 Å². The van der Waals surface area contributed by atoms with Crippen LogP contribution < -0.4 is 4.74 Å². The van der Waals surface area contributed by atoms with Crippen molar-refractivity contribution in [3.05, 3.63) is 31.1 Å². The molecular weight excluding hydrogens is 204 g/mol. The van der Waals surface area contributed by atoms with Gasteiger partial charge in [0.25, 0.3) is 0 Å². The fourth-order valence-electron chi connectivity index (χ4n) is 1.37. The molecule has 0 spiro atoms. The van der Waals surface area contributed by atoms with E-state index in [9.17, 15) is 0 Å². The van der Waals surface area contributed by atoms with E-state index in [1.807, 2.05) is 21.6 Å². The Labute approximate surface area is 94.7 Å². The summed E-state index contributed by atoms with van der Waals surface area (Å²) in [6.07, 6.45) is 9.12. The van der Waals surface area contributed by atoms with E-state index >= 15 is 0 Å². The molecule has 0 aliphatic rings. The predicted molar refractivity (Wildman–Crippen MR) is 60.3 cm³/mol. The van der Waals surface area contributed by atoms with Crippen molar-refractivity contribution in [3.63, 3.8) is 0 Å². The first-order valence-corrected chi connectivity index (χ1v) is 5.38. The maximum Gasteiger partial charge on any atom is 0.157 e. The van der Waals surface area contributed by atoms with Gasteiger partial charge in [-0.15, -0.1) is 0 Å². The molecule has 5 heteroatoms. The highest BCUT2D eigenvalue weighted by Crippen LogP contribution is 2.12. The molecule has 86 valence electrons. The van der Waals surface area contributed by atoms with E-state index in [4.69, 9.17) is 4.74 Å². The van der Waals surface area contributed by atoms with Crippen LogP contribution in [0.25, 0.3) is 0 Å². The van der Waals surface area contributed by atoms with Gasteiger partial charge in [-0.3, -0.25) is 4.68 Å². The number of rotatable bonds is 5. The first kappa shape index (κ1) is 10.7. The van der Waals surface area contributed by atoms with E-state index in [0.29, 0.717) is 12.6 Å². The van der Waals surface area contributed by atoms with Crippen LogP contribution in [0.15, 0.2) is 31.1 Å².